The second-order valence-corrected chi connectivity index (χ2v) is 6.07. The summed E-state index contributed by atoms with van der Waals surface area (Å²) < 4.78 is 0. The molecule has 0 aliphatic rings. The van der Waals surface area contributed by atoms with Crippen molar-refractivity contribution in [3.8, 4) is 0 Å². The third-order valence-electron chi connectivity index (χ3n) is 3.44. The Morgan fingerprint density at radius 1 is 1.19 bits per heavy atom. The maximum Gasteiger partial charge on any atom is 0.314 e. The maximum atomic E-state index is 12.1. The van der Waals surface area contributed by atoms with Crippen LogP contribution in [0.2, 0.25) is 0 Å². The van der Waals surface area contributed by atoms with Crippen molar-refractivity contribution < 1.29 is 14.7 Å². The molecule has 1 atom stereocenters. The highest BCUT2D eigenvalue weighted by molar-refractivity contribution is 7.09. The van der Waals surface area contributed by atoms with Gasteiger partial charge in [0.05, 0.1) is 12.0 Å². The minimum absolute atomic E-state index is 0.0856. The van der Waals surface area contributed by atoms with Gasteiger partial charge in [-0.1, -0.05) is 36.4 Å². The molecule has 0 unspecified atom stereocenters. The van der Waals surface area contributed by atoms with E-state index in [2.05, 4.69) is 5.32 Å². The van der Waals surface area contributed by atoms with Gasteiger partial charge in [-0.15, -0.1) is 11.3 Å². The van der Waals surface area contributed by atoms with Crippen LogP contribution in [-0.2, 0) is 21.5 Å². The average molecular weight is 303 g/mol. The zero-order valence-electron chi connectivity index (χ0n) is 11.7. The van der Waals surface area contributed by atoms with Crippen molar-refractivity contribution in [2.75, 3.05) is 0 Å². The van der Waals surface area contributed by atoms with Gasteiger partial charge in [-0.05, 0) is 23.9 Å². The highest BCUT2D eigenvalue weighted by Crippen LogP contribution is 2.28. The lowest BCUT2D eigenvalue weighted by Crippen LogP contribution is -2.38. The predicted octanol–water partition coefficient (Wildman–Crippen LogP) is 2.80. The van der Waals surface area contributed by atoms with Gasteiger partial charge in [0, 0.05) is 11.3 Å². The van der Waals surface area contributed by atoms with Crippen molar-refractivity contribution in [1.82, 2.24) is 5.32 Å². The number of carbonyl (C=O) groups excluding carboxylic acids is 1. The molecule has 1 amide bonds. The predicted molar refractivity (Wildman–Crippen MR) is 82.2 cm³/mol. The summed E-state index contributed by atoms with van der Waals surface area (Å²) in [6.07, 6.45) is -0.0856. The first-order chi connectivity index (χ1) is 10.0. The molecule has 2 rings (SSSR count). The Morgan fingerprint density at radius 3 is 2.48 bits per heavy atom. The number of benzene rings is 1. The molecule has 0 spiro atoms. The minimum atomic E-state index is -1.22. The number of nitrogens with one attached hydrogen (secondary N) is 1. The van der Waals surface area contributed by atoms with Crippen LogP contribution in [0.4, 0.5) is 0 Å². The van der Waals surface area contributed by atoms with Crippen LogP contribution in [0.1, 0.15) is 23.8 Å². The van der Waals surface area contributed by atoms with Crippen LogP contribution in [0.25, 0.3) is 0 Å². The largest absolute Gasteiger partial charge is 0.481 e. The molecule has 0 fully saturated rings. The monoisotopic (exact) mass is 303 g/mol. The van der Waals surface area contributed by atoms with Gasteiger partial charge in [-0.25, -0.2) is 0 Å². The van der Waals surface area contributed by atoms with Crippen LogP contribution in [0, 0.1) is 0 Å². The molecular formula is C16H17NO3S. The fourth-order valence-corrected chi connectivity index (χ4v) is 2.73. The molecule has 0 aliphatic carbocycles. The highest BCUT2D eigenvalue weighted by Gasteiger charge is 2.37. The molecule has 0 saturated heterocycles. The number of thiophene rings is 1. The summed E-state index contributed by atoms with van der Waals surface area (Å²) in [5.74, 6) is -1.27. The van der Waals surface area contributed by atoms with E-state index in [9.17, 15) is 14.7 Å². The van der Waals surface area contributed by atoms with Gasteiger partial charge < -0.3 is 10.4 Å². The van der Waals surface area contributed by atoms with Crippen LogP contribution in [0.3, 0.4) is 0 Å². The number of carboxylic acids is 1. The summed E-state index contributed by atoms with van der Waals surface area (Å²) in [7, 11) is 0. The second-order valence-electron chi connectivity index (χ2n) is 5.04. The van der Waals surface area contributed by atoms with Crippen molar-refractivity contribution in [1.29, 1.82) is 0 Å². The molecule has 1 heterocycles. The second kappa shape index (κ2) is 6.54. The van der Waals surface area contributed by atoms with Crippen LogP contribution >= 0.6 is 11.3 Å². The molecule has 0 saturated carbocycles. The van der Waals surface area contributed by atoms with Crippen LogP contribution in [-0.4, -0.2) is 17.0 Å². The fraction of sp³-hybridized carbons (Fsp3) is 0.250. The smallest absolute Gasteiger partial charge is 0.314 e. The lowest BCUT2D eigenvalue weighted by atomic mass is 9.79. The molecule has 0 bridgehead atoms. The van der Waals surface area contributed by atoms with E-state index in [1.54, 1.807) is 42.5 Å². The van der Waals surface area contributed by atoms with Crippen molar-refractivity contribution in [3.05, 3.63) is 58.3 Å². The minimum Gasteiger partial charge on any atom is -0.481 e. The first-order valence-corrected chi connectivity index (χ1v) is 7.48. The Balaban J connectivity index is 2.06. The average Bonchev–Trinajstić information content (AvgIpc) is 2.99. The van der Waals surface area contributed by atoms with Crippen molar-refractivity contribution >= 4 is 23.2 Å². The summed E-state index contributed by atoms with van der Waals surface area (Å²) in [6, 6.07) is 12.7. The van der Waals surface area contributed by atoms with E-state index in [1.165, 1.54) is 0 Å². The van der Waals surface area contributed by atoms with E-state index in [-0.39, 0.29) is 12.3 Å². The van der Waals surface area contributed by atoms with Gasteiger partial charge in [-0.3, -0.25) is 9.59 Å². The molecule has 2 N–H and O–H groups in total. The van der Waals surface area contributed by atoms with Gasteiger partial charge in [-0.2, -0.15) is 0 Å². The Morgan fingerprint density at radius 2 is 1.90 bits per heavy atom. The van der Waals surface area contributed by atoms with Crippen LogP contribution in [0.5, 0.6) is 0 Å². The van der Waals surface area contributed by atoms with Crippen LogP contribution in [0.15, 0.2) is 47.8 Å². The summed E-state index contributed by atoms with van der Waals surface area (Å²) in [6.45, 7) is 2.01. The zero-order valence-corrected chi connectivity index (χ0v) is 12.5. The number of carbonyl (C=O) groups is 2. The Hall–Kier alpha value is -2.14. The number of hydrogen-bond acceptors (Lipinski definition) is 3. The molecule has 1 aromatic heterocycles. The van der Waals surface area contributed by atoms with Gasteiger partial charge in [0.15, 0.2) is 0 Å². The molecule has 0 aliphatic heterocycles. The number of carboxylic acid groups (broad SMARTS) is 1. The highest BCUT2D eigenvalue weighted by atomic mass is 32.1. The molecule has 0 radical (unpaired) electrons. The van der Waals surface area contributed by atoms with E-state index in [1.807, 2.05) is 23.6 Å². The van der Waals surface area contributed by atoms with Crippen molar-refractivity contribution in [2.24, 2.45) is 0 Å². The first-order valence-electron chi connectivity index (χ1n) is 6.60. The number of amides is 1. The van der Waals surface area contributed by atoms with Gasteiger partial charge in [0.1, 0.15) is 0 Å². The molecule has 110 valence electrons. The summed E-state index contributed by atoms with van der Waals surface area (Å²) in [4.78, 5) is 24.7. The lowest BCUT2D eigenvalue weighted by Gasteiger charge is -2.24. The summed E-state index contributed by atoms with van der Waals surface area (Å²) >= 11 is 1.55. The van der Waals surface area contributed by atoms with Crippen molar-refractivity contribution in [2.45, 2.75) is 25.3 Å². The van der Waals surface area contributed by atoms with Crippen molar-refractivity contribution in [3.63, 3.8) is 0 Å². The fourth-order valence-electron chi connectivity index (χ4n) is 2.09. The van der Waals surface area contributed by atoms with E-state index in [0.717, 1.165) is 4.88 Å². The quantitative estimate of drug-likeness (QED) is 0.862. The van der Waals surface area contributed by atoms with Gasteiger partial charge in [0.25, 0.3) is 0 Å². The number of rotatable bonds is 6. The Bertz CT molecular complexity index is 610. The zero-order chi connectivity index (χ0) is 15.3. The third-order valence-corrected chi connectivity index (χ3v) is 4.31. The van der Waals surface area contributed by atoms with E-state index >= 15 is 0 Å². The molecule has 4 nitrogen and oxygen atoms in total. The van der Waals surface area contributed by atoms with E-state index in [0.29, 0.717) is 12.1 Å². The number of hydrogen-bond donors (Lipinski definition) is 2. The molecule has 1 aromatic carbocycles. The van der Waals surface area contributed by atoms with Gasteiger partial charge >= 0.3 is 5.97 Å². The lowest BCUT2D eigenvalue weighted by molar-refractivity contribution is -0.145. The maximum absolute atomic E-state index is 12.1. The van der Waals surface area contributed by atoms with E-state index in [4.69, 9.17) is 0 Å². The first kappa shape index (κ1) is 15.3. The molecule has 21 heavy (non-hydrogen) atoms. The van der Waals surface area contributed by atoms with Crippen LogP contribution < -0.4 is 5.32 Å². The topological polar surface area (TPSA) is 66.4 Å². The summed E-state index contributed by atoms with van der Waals surface area (Å²) in [5, 5.41) is 14.2. The Labute approximate surface area is 127 Å². The molecule has 2 aromatic rings. The number of aliphatic carboxylic acids is 1. The van der Waals surface area contributed by atoms with Gasteiger partial charge in [0.2, 0.25) is 5.91 Å². The molecular weight excluding hydrogens is 286 g/mol. The third kappa shape index (κ3) is 3.70. The molecule has 5 heteroatoms. The Kier molecular flexibility index (Phi) is 4.75. The standard InChI is InChI=1S/C16H17NO3S/c1-16(15(19)20,12-6-3-2-4-7-12)10-14(18)17-11-13-8-5-9-21-13/h2-9H,10-11H2,1H3,(H,17,18)(H,19,20)/t16-/m0/s1. The van der Waals surface area contributed by atoms with E-state index < -0.39 is 11.4 Å². The normalized spacial score (nSPS) is 13.4. The SMILES string of the molecule is C[C@@](CC(=O)NCc1cccs1)(C(=O)O)c1ccccc1. The summed E-state index contributed by atoms with van der Waals surface area (Å²) in [5.41, 5.74) is -0.593.